The van der Waals surface area contributed by atoms with Crippen LogP contribution in [0.1, 0.15) is 12.5 Å². The molecule has 0 bridgehead atoms. The molecule has 1 unspecified atom stereocenters. The zero-order chi connectivity index (χ0) is 21.8. The van der Waals surface area contributed by atoms with Gasteiger partial charge in [0.1, 0.15) is 0 Å². The van der Waals surface area contributed by atoms with Gasteiger partial charge in [-0.1, -0.05) is 6.07 Å². The molecule has 0 aliphatic carbocycles. The lowest BCUT2D eigenvalue weighted by atomic mass is 9.96. The summed E-state index contributed by atoms with van der Waals surface area (Å²) >= 11 is 1.51. The third kappa shape index (κ3) is 2.92. The summed E-state index contributed by atoms with van der Waals surface area (Å²) in [6, 6.07) is 7.26. The lowest BCUT2D eigenvalue weighted by Gasteiger charge is -2.41. The first-order valence-electron chi connectivity index (χ1n) is 8.95. The normalized spacial score (nSPS) is 19.0. The molecule has 7 nitrogen and oxygen atoms in total. The number of hydrogen-bond donors (Lipinski definition) is 2. The Bertz CT molecular complexity index is 1170. The van der Waals surface area contributed by atoms with Crippen molar-refractivity contribution in [2.75, 3.05) is 7.05 Å². The van der Waals surface area contributed by atoms with Crippen LogP contribution in [-0.2, 0) is 21.9 Å². The highest BCUT2D eigenvalue weighted by atomic mass is 32.1. The van der Waals surface area contributed by atoms with Crippen molar-refractivity contribution in [3.05, 3.63) is 41.4 Å². The summed E-state index contributed by atoms with van der Waals surface area (Å²) < 4.78 is 45.7. The van der Waals surface area contributed by atoms with Crippen LogP contribution in [0.4, 0.5) is 18.9 Å². The molecule has 1 atom stereocenters. The van der Waals surface area contributed by atoms with Crippen molar-refractivity contribution in [2.24, 2.45) is 16.5 Å². The van der Waals surface area contributed by atoms with Crippen LogP contribution in [0, 0.1) is 0 Å². The van der Waals surface area contributed by atoms with E-state index in [1.165, 1.54) is 18.4 Å². The zero-order valence-corrected chi connectivity index (χ0v) is 16.8. The number of ether oxygens (including phenoxy) is 1. The third-order valence-electron chi connectivity index (χ3n) is 5.07. The number of benzene rings is 1. The Morgan fingerprint density at radius 2 is 2.10 bits per heavy atom. The van der Waals surface area contributed by atoms with Gasteiger partial charge in [0.15, 0.2) is 0 Å². The average molecular weight is 437 g/mol. The SMILES string of the molecule is CCn1ccc2c3c(cc(-c4cccs4)c21)N=C(N)N(C)C3(N)OC(=O)C(F)(F)F. The molecule has 2 aromatic heterocycles. The number of halogens is 3. The fraction of sp³-hybridized carbons (Fsp3) is 0.263. The van der Waals surface area contributed by atoms with Crippen molar-refractivity contribution in [1.29, 1.82) is 0 Å². The molecule has 0 fully saturated rings. The molecular weight excluding hydrogens is 419 g/mol. The van der Waals surface area contributed by atoms with Crippen molar-refractivity contribution >= 4 is 39.9 Å². The second-order valence-corrected chi connectivity index (χ2v) is 7.72. The molecule has 0 spiro atoms. The topological polar surface area (TPSA) is 98.9 Å². The van der Waals surface area contributed by atoms with Crippen LogP contribution in [-0.4, -0.2) is 34.6 Å². The van der Waals surface area contributed by atoms with Crippen LogP contribution in [0.5, 0.6) is 0 Å². The largest absolute Gasteiger partial charge is 0.491 e. The maximum absolute atomic E-state index is 13.0. The molecule has 3 heterocycles. The number of carbonyl (C=O) groups excluding carboxylic acids is 1. The highest BCUT2D eigenvalue weighted by Crippen LogP contribution is 2.46. The van der Waals surface area contributed by atoms with E-state index in [2.05, 4.69) is 4.99 Å². The molecule has 0 amide bonds. The lowest BCUT2D eigenvalue weighted by Crippen LogP contribution is -2.61. The van der Waals surface area contributed by atoms with Gasteiger partial charge in [0.05, 0.1) is 16.8 Å². The van der Waals surface area contributed by atoms with E-state index in [-0.39, 0.29) is 17.2 Å². The van der Waals surface area contributed by atoms with E-state index in [1.807, 2.05) is 29.0 Å². The van der Waals surface area contributed by atoms with Crippen molar-refractivity contribution in [1.82, 2.24) is 9.47 Å². The smallest absolute Gasteiger partial charge is 0.414 e. The Balaban J connectivity index is 2.04. The Kier molecular flexibility index (Phi) is 4.55. The van der Waals surface area contributed by atoms with Gasteiger partial charge in [-0.3, -0.25) is 10.6 Å². The van der Waals surface area contributed by atoms with E-state index in [0.29, 0.717) is 11.9 Å². The molecule has 1 aliphatic heterocycles. The average Bonchev–Trinajstić information content (AvgIpc) is 3.34. The van der Waals surface area contributed by atoms with Crippen LogP contribution < -0.4 is 11.5 Å². The maximum Gasteiger partial charge on any atom is 0.491 e. The summed E-state index contributed by atoms with van der Waals surface area (Å²) in [5, 5.41) is 2.45. The van der Waals surface area contributed by atoms with Crippen molar-refractivity contribution in [2.45, 2.75) is 25.5 Å². The molecule has 30 heavy (non-hydrogen) atoms. The summed E-state index contributed by atoms with van der Waals surface area (Å²) in [7, 11) is 1.32. The highest BCUT2D eigenvalue weighted by molar-refractivity contribution is 7.13. The van der Waals surface area contributed by atoms with E-state index in [0.717, 1.165) is 20.9 Å². The predicted molar refractivity (Wildman–Crippen MR) is 108 cm³/mol. The maximum atomic E-state index is 13.0. The van der Waals surface area contributed by atoms with Gasteiger partial charge in [-0.05, 0) is 30.5 Å². The fourth-order valence-electron chi connectivity index (χ4n) is 3.59. The number of esters is 1. The number of guanidine groups is 1. The number of fused-ring (bicyclic) bond motifs is 3. The van der Waals surface area contributed by atoms with Gasteiger partial charge < -0.3 is 15.0 Å². The molecule has 158 valence electrons. The fourth-order valence-corrected chi connectivity index (χ4v) is 4.34. The number of thiophene rings is 1. The Labute approximate surface area is 173 Å². The van der Waals surface area contributed by atoms with Gasteiger partial charge in [0.25, 0.3) is 5.85 Å². The van der Waals surface area contributed by atoms with Gasteiger partial charge in [-0.15, -0.1) is 11.3 Å². The quantitative estimate of drug-likeness (QED) is 0.483. The van der Waals surface area contributed by atoms with Crippen LogP contribution in [0.2, 0.25) is 0 Å². The number of alkyl halides is 3. The minimum atomic E-state index is -5.22. The Hall–Kier alpha value is -3.05. The lowest BCUT2D eigenvalue weighted by molar-refractivity contribution is -0.226. The van der Waals surface area contributed by atoms with Gasteiger partial charge in [-0.2, -0.15) is 13.2 Å². The predicted octanol–water partition coefficient (Wildman–Crippen LogP) is 3.46. The summed E-state index contributed by atoms with van der Waals surface area (Å²) in [6.45, 7) is 2.56. The molecule has 4 rings (SSSR count). The van der Waals surface area contributed by atoms with Crippen LogP contribution in [0.3, 0.4) is 0 Å². The standard InChI is InChI=1S/C19H18F3N5O2S/c1-3-27-7-6-10-14-12(9-11(15(10)27)13-5-4-8-30-13)25-17(23)26(2)19(14,24)29-16(28)18(20,21)22/h4-9H,3,24H2,1-2H3,(H2,23,25). The number of aromatic nitrogens is 1. The molecule has 1 aliphatic rings. The van der Waals surface area contributed by atoms with Crippen molar-refractivity contribution < 1.29 is 22.7 Å². The highest BCUT2D eigenvalue weighted by Gasteiger charge is 2.51. The number of carbonyl (C=O) groups is 1. The molecule has 3 aromatic rings. The zero-order valence-electron chi connectivity index (χ0n) is 16.0. The monoisotopic (exact) mass is 437 g/mol. The van der Waals surface area contributed by atoms with Crippen molar-refractivity contribution in [3.8, 4) is 10.4 Å². The minimum absolute atomic E-state index is 0.138. The summed E-state index contributed by atoms with van der Waals surface area (Å²) in [6.07, 6.45) is -3.42. The summed E-state index contributed by atoms with van der Waals surface area (Å²) in [4.78, 5) is 18.0. The molecule has 11 heteroatoms. The molecule has 4 N–H and O–H groups in total. The molecule has 1 aromatic carbocycles. The second-order valence-electron chi connectivity index (χ2n) is 6.77. The van der Waals surface area contributed by atoms with E-state index in [1.54, 1.807) is 18.3 Å². The van der Waals surface area contributed by atoms with Crippen molar-refractivity contribution in [3.63, 3.8) is 0 Å². The molecule has 0 saturated heterocycles. The van der Waals surface area contributed by atoms with Gasteiger partial charge in [-0.25, -0.2) is 9.79 Å². The summed E-state index contributed by atoms with van der Waals surface area (Å²) in [5.41, 5.74) is 14.2. The van der Waals surface area contributed by atoms with Crippen LogP contribution >= 0.6 is 11.3 Å². The van der Waals surface area contributed by atoms with E-state index < -0.39 is 18.0 Å². The van der Waals surface area contributed by atoms with Crippen LogP contribution in [0.15, 0.2) is 40.8 Å². The Morgan fingerprint density at radius 3 is 2.70 bits per heavy atom. The van der Waals surface area contributed by atoms with E-state index in [4.69, 9.17) is 16.2 Å². The number of aliphatic imine (C=N–C) groups is 1. The third-order valence-corrected chi connectivity index (χ3v) is 5.97. The second kappa shape index (κ2) is 6.74. The number of nitrogens with zero attached hydrogens (tertiary/aromatic N) is 3. The minimum Gasteiger partial charge on any atom is -0.414 e. The molecular formula is C19H18F3N5O2S. The number of rotatable bonds is 3. The van der Waals surface area contributed by atoms with E-state index >= 15 is 0 Å². The summed E-state index contributed by atoms with van der Waals surface area (Å²) in [5.74, 6) is -4.88. The Morgan fingerprint density at radius 1 is 1.37 bits per heavy atom. The number of nitrogens with two attached hydrogens (primary N) is 2. The first kappa shape index (κ1) is 20.2. The first-order chi connectivity index (χ1) is 14.1. The first-order valence-corrected chi connectivity index (χ1v) is 9.83. The van der Waals surface area contributed by atoms with Crippen LogP contribution in [0.25, 0.3) is 21.3 Å². The van der Waals surface area contributed by atoms with E-state index in [9.17, 15) is 18.0 Å². The van der Waals surface area contributed by atoms with Gasteiger partial charge >= 0.3 is 12.1 Å². The van der Waals surface area contributed by atoms with Gasteiger partial charge in [0, 0.05) is 35.6 Å². The molecule has 0 radical (unpaired) electrons. The molecule has 0 saturated carbocycles. The number of hydrogen-bond acceptors (Lipinski definition) is 7. The van der Waals surface area contributed by atoms with Gasteiger partial charge in [0.2, 0.25) is 5.96 Å². The number of aryl methyl sites for hydroxylation is 1.